The third-order valence-corrected chi connectivity index (χ3v) is 8.36. The van der Waals surface area contributed by atoms with Gasteiger partial charge in [0, 0.05) is 36.3 Å². The fraction of sp³-hybridized carbons (Fsp3) is 0.429. The lowest BCUT2D eigenvalue weighted by molar-refractivity contribution is -0.245. The Balaban J connectivity index is 1.42. The average Bonchev–Trinajstić information content (AvgIpc) is 3.36. The van der Waals surface area contributed by atoms with Crippen LogP contribution in [0, 0.1) is 6.92 Å². The Labute approximate surface area is 236 Å². The number of carboxylic acids is 1. The van der Waals surface area contributed by atoms with Gasteiger partial charge in [-0.3, -0.25) is 9.59 Å². The van der Waals surface area contributed by atoms with Gasteiger partial charge in [0.1, 0.15) is 5.01 Å². The highest BCUT2D eigenvalue weighted by Gasteiger charge is 2.32. The van der Waals surface area contributed by atoms with E-state index in [1.54, 1.807) is 23.1 Å². The number of nitrogens with zero attached hydrogens (tertiary/aromatic N) is 2. The van der Waals surface area contributed by atoms with Crippen LogP contribution in [0.15, 0.2) is 52.9 Å². The predicted molar refractivity (Wildman–Crippen MR) is 150 cm³/mol. The SMILES string of the molecule is Cc1nnc(SC[C@@H]2C[C@H](c3ccc(CO)cc3)O[C@H](c3cccc(NC(=O)CCCCCC(=O)O)c3)O2)s1. The number of carbonyl (C=O) groups is 2. The molecule has 39 heavy (non-hydrogen) atoms. The van der Waals surface area contributed by atoms with Gasteiger partial charge in [0.2, 0.25) is 5.91 Å². The van der Waals surface area contributed by atoms with Crippen molar-refractivity contribution in [2.45, 2.75) is 74.9 Å². The van der Waals surface area contributed by atoms with E-state index in [1.165, 1.54) is 0 Å². The maximum atomic E-state index is 12.4. The Hall–Kier alpha value is -2.83. The van der Waals surface area contributed by atoms with Crippen LogP contribution in [-0.2, 0) is 25.7 Å². The van der Waals surface area contributed by atoms with Gasteiger partial charge in [-0.1, -0.05) is 65.9 Å². The van der Waals surface area contributed by atoms with E-state index in [-0.39, 0.29) is 31.1 Å². The second kappa shape index (κ2) is 14.5. The molecular weight excluding hydrogens is 538 g/mol. The molecule has 1 amide bonds. The molecule has 2 heterocycles. The lowest BCUT2D eigenvalue weighted by Gasteiger charge is -2.36. The number of aliphatic carboxylic acids is 1. The van der Waals surface area contributed by atoms with Gasteiger partial charge in [-0.05, 0) is 43.0 Å². The highest BCUT2D eigenvalue weighted by Crippen LogP contribution is 2.40. The van der Waals surface area contributed by atoms with Crippen LogP contribution in [0.4, 0.5) is 5.69 Å². The second-order valence-electron chi connectivity index (χ2n) is 9.38. The first-order chi connectivity index (χ1) is 18.9. The van der Waals surface area contributed by atoms with Gasteiger partial charge in [-0.2, -0.15) is 0 Å². The molecule has 208 valence electrons. The third kappa shape index (κ3) is 9.11. The number of hydrogen-bond donors (Lipinski definition) is 3. The van der Waals surface area contributed by atoms with Crippen molar-refractivity contribution < 1.29 is 29.3 Å². The molecule has 11 heteroatoms. The molecule has 1 fully saturated rings. The summed E-state index contributed by atoms with van der Waals surface area (Å²) < 4.78 is 13.7. The Morgan fingerprint density at radius 3 is 2.56 bits per heavy atom. The summed E-state index contributed by atoms with van der Waals surface area (Å²) in [6.45, 7) is 1.92. The first-order valence-corrected chi connectivity index (χ1v) is 14.7. The number of aliphatic hydroxyl groups excluding tert-OH is 1. The molecule has 9 nitrogen and oxygen atoms in total. The molecule has 0 spiro atoms. The Kier molecular flexibility index (Phi) is 10.9. The van der Waals surface area contributed by atoms with Crippen molar-refractivity contribution in [3.8, 4) is 0 Å². The largest absolute Gasteiger partial charge is 0.481 e. The molecule has 2 aromatic carbocycles. The second-order valence-corrected chi connectivity index (χ2v) is 11.8. The van der Waals surface area contributed by atoms with E-state index in [1.807, 2.05) is 55.5 Å². The van der Waals surface area contributed by atoms with Gasteiger partial charge in [0.15, 0.2) is 10.6 Å². The van der Waals surface area contributed by atoms with E-state index < -0.39 is 12.3 Å². The maximum Gasteiger partial charge on any atom is 0.303 e. The topological polar surface area (TPSA) is 131 Å². The van der Waals surface area contributed by atoms with Crippen molar-refractivity contribution >= 4 is 40.7 Å². The quantitative estimate of drug-likeness (QED) is 0.176. The number of hydrogen-bond acceptors (Lipinski definition) is 9. The van der Waals surface area contributed by atoms with E-state index in [0.29, 0.717) is 43.5 Å². The van der Waals surface area contributed by atoms with Gasteiger partial charge in [0.25, 0.3) is 0 Å². The maximum absolute atomic E-state index is 12.4. The number of unbranched alkanes of at least 4 members (excludes halogenated alkanes) is 2. The Bertz CT molecular complexity index is 1240. The minimum absolute atomic E-state index is 0.0150. The zero-order valence-electron chi connectivity index (χ0n) is 21.7. The fourth-order valence-corrected chi connectivity index (χ4v) is 6.11. The summed E-state index contributed by atoms with van der Waals surface area (Å²) in [5.41, 5.74) is 3.30. The van der Waals surface area contributed by atoms with Crippen LogP contribution in [0.1, 0.15) is 72.6 Å². The molecule has 1 aliphatic heterocycles. The number of aliphatic hydroxyl groups is 1. The van der Waals surface area contributed by atoms with Crippen LogP contribution >= 0.6 is 23.1 Å². The highest BCUT2D eigenvalue weighted by atomic mass is 32.2. The number of benzene rings is 2. The number of carbonyl (C=O) groups excluding carboxylic acids is 1. The van der Waals surface area contributed by atoms with Crippen LogP contribution in [0.25, 0.3) is 0 Å². The third-order valence-electron chi connectivity index (χ3n) is 6.25. The molecular formula is C28H33N3O6S2. The zero-order chi connectivity index (χ0) is 27.6. The van der Waals surface area contributed by atoms with E-state index in [4.69, 9.17) is 14.6 Å². The van der Waals surface area contributed by atoms with Gasteiger partial charge in [-0.25, -0.2) is 0 Å². The van der Waals surface area contributed by atoms with Gasteiger partial charge >= 0.3 is 5.97 Å². The number of thioether (sulfide) groups is 1. The molecule has 0 bridgehead atoms. The van der Waals surface area contributed by atoms with Crippen LogP contribution in [0.3, 0.4) is 0 Å². The number of ether oxygens (including phenoxy) is 2. The van der Waals surface area contributed by atoms with Crippen molar-refractivity contribution in [3.63, 3.8) is 0 Å². The van der Waals surface area contributed by atoms with Crippen molar-refractivity contribution in [1.82, 2.24) is 10.2 Å². The minimum atomic E-state index is -0.816. The summed E-state index contributed by atoms with van der Waals surface area (Å²) in [6.07, 6.45) is 2.07. The zero-order valence-corrected chi connectivity index (χ0v) is 23.4. The summed E-state index contributed by atoms with van der Waals surface area (Å²) in [5, 5.41) is 30.3. The summed E-state index contributed by atoms with van der Waals surface area (Å²) >= 11 is 3.17. The number of rotatable bonds is 13. The molecule has 4 rings (SSSR count). The van der Waals surface area contributed by atoms with Crippen LogP contribution < -0.4 is 5.32 Å². The molecule has 0 radical (unpaired) electrons. The van der Waals surface area contributed by atoms with Gasteiger partial charge < -0.3 is 25.0 Å². The number of amides is 1. The molecule has 3 atom stereocenters. The first kappa shape index (κ1) is 29.2. The fourth-order valence-electron chi connectivity index (χ4n) is 4.25. The van der Waals surface area contributed by atoms with Crippen molar-refractivity contribution in [2.75, 3.05) is 11.1 Å². The standard InChI is InChI=1S/C28H33N3O6S2/c1-18-30-31-28(39-18)38-17-23-15-24(20-12-10-19(16-32)11-13-20)37-27(36-23)21-6-5-7-22(14-21)29-25(33)8-3-2-4-9-26(34)35/h5-7,10-14,23-24,27,32H,2-4,8-9,15-17H2,1H3,(H,29,33)(H,34,35)/t23-,24+,27+/m0/s1. The molecule has 0 saturated carbocycles. The lowest BCUT2D eigenvalue weighted by Crippen LogP contribution is -2.31. The Morgan fingerprint density at radius 1 is 1.05 bits per heavy atom. The monoisotopic (exact) mass is 571 g/mol. The first-order valence-electron chi connectivity index (χ1n) is 12.9. The molecule has 1 saturated heterocycles. The number of anilines is 1. The van der Waals surface area contributed by atoms with E-state index >= 15 is 0 Å². The summed E-state index contributed by atoms with van der Waals surface area (Å²) in [7, 11) is 0. The lowest BCUT2D eigenvalue weighted by atomic mass is 10.0. The summed E-state index contributed by atoms with van der Waals surface area (Å²) in [6, 6.07) is 15.2. The molecule has 3 N–H and O–H groups in total. The normalized spacial score (nSPS) is 19.1. The van der Waals surface area contributed by atoms with E-state index in [9.17, 15) is 14.7 Å². The molecule has 1 aliphatic rings. The number of aryl methyl sites for hydroxylation is 1. The molecule has 0 unspecified atom stereocenters. The highest BCUT2D eigenvalue weighted by molar-refractivity contribution is 8.01. The number of aromatic nitrogens is 2. The summed E-state index contributed by atoms with van der Waals surface area (Å²) in [4.78, 5) is 23.1. The smallest absolute Gasteiger partial charge is 0.303 e. The minimum Gasteiger partial charge on any atom is -0.481 e. The van der Waals surface area contributed by atoms with Crippen molar-refractivity contribution in [2.24, 2.45) is 0 Å². The van der Waals surface area contributed by atoms with Crippen molar-refractivity contribution in [1.29, 1.82) is 0 Å². The molecule has 0 aliphatic carbocycles. The number of carboxylic acid groups (broad SMARTS) is 1. The van der Waals surface area contributed by atoms with Crippen LogP contribution in [0.2, 0.25) is 0 Å². The van der Waals surface area contributed by atoms with Crippen LogP contribution in [0.5, 0.6) is 0 Å². The average molecular weight is 572 g/mol. The van der Waals surface area contributed by atoms with E-state index in [0.717, 1.165) is 26.0 Å². The van der Waals surface area contributed by atoms with Gasteiger partial charge in [0.05, 0.1) is 18.8 Å². The van der Waals surface area contributed by atoms with Crippen molar-refractivity contribution in [3.05, 3.63) is 70.2 Å². The summed E-state index contributed by atoms with van der Waals surface area (Å²) in [5.74, 6) is -0.238. The van der Waals surface area contributed by atoms with E-state index in [2.05, 4.69) is 15.5 Å². The molecule has 3 aromatic rings. The Morgan fingerprint density at radius 2 is 1.85 bits per heavy atom. The van der Waals surface area contributed by atoms with Crippen LogP contribution in [-0.4, -0.2) is 44.1 Å². The number of nitrogens with one attached hydrogen (secondary N) is 1. The molecule has 1 aromatic heterocycles. The predicted octanol–water partition coefficient (Wildman–Crippen LogP) is 5.65. The van der Waals surface area contributed by atoms with Gasteiger partial charge in [-0.15, -0.1) is 10.2 Å².